The van der Waals surface area contributed by atoms with Gasteiger partial charge in [-0.1, -0.05) is 20.3 Å². The van der Waals surface area contributed by atoms with E-state index in [0.717, 1.165) is 24.2 Å². The summed E-state index contributed by atoms with van der Waals surface area (Å²) in [5.41, 5.74) is -0.540. The van der Waals surface area contributed by atoms with Crippen LogP contribution in [0.2, 0.25) is 0 Å². The first-order chi connectivity index (χ1) is 11.0. The lowest BCUT2D eigenvalue weighted by molar-refractivity contribution is -0.121. The lowest BCUT2D eigenvalue weighted by atomic mass is 10.2. The molecule has 2 rings (SSSR count). The Morgan fingerprint density at radius 1 is 1.39 bits per heavy atom. The number of carbonyl (C=O) groups is 2. The average Bonchev–Trinajstić information content (AvgIpc) is 2.94. The van der Waals surface area contributed by atoms with Crippen LogP contribution in [0.1, 0.15) is 42.9 Å². The summed E-state index contributed by atoms with van der Waals surface area (Å²) in [4.78, 5) is 40.6. The van der Waals surface area contributed by atoms with E-state index in [1.54, 1.807) is 0 Å². The normalized spacial score (nSPS) is 10.9. The maximum Gasteiger partial charge on any atom is 0.337 e. The molecule has 0 atom stereocenters. The number of carboxylic acids is 1. The van der Waals surface area contributed by atoms with E-state index in [-0.39, 0.29) is 23.4 Å². The standard InChI is InChI=1S/C15H19N3O4S/c1-3-5-6-16-11(19)7-18-10(4-2)17-13-12(14(18)20)9(8-23-13)15(21)22/h8H,3-7H2,1-2H3,(H,16,19)(H,21,22). The first-order valence-corrected chi connectivity index (χ1v) is 8.38. The Morgan fingerprint density at radius 3 is 2.74 bits per heavy atom. The lowest BCUT2D eigenvalue weighted by Crippen LogP contribution is -2.35. The highest BCUT2D eigenvalue weighted by atomic mass is 32.1. The molecule has 124 valence electrons. The van der Waals surface area contributed by atoms with Crippen LogP contribution in [0.4, 0.5) is 0 Å². The van der Waals surface area contributed by atoms with Crippen molar-refractivity contribution in [1.82, 2.24) is 14.9 Å². The highest BCUT2D eigenvalue weighted by Gasteiger charge is 2.20. The van der Waals surface area contributed by atoms with Crippen molar-refractivity contribution < 1.29 is 14.7 Å². The van der Waals surface area contributed by atoms with Gasteiger partial charge in [-0.15, -0.1) is 11.3 Å². The van der Waals surface area contributed by atoms with Crippen molar-refractivity contribution in [2.45, 2.75) is 39.7 Å². The van der Waals surface area contributed by atoms with Crippen LogP contribution in [0.3, 0.4) is 0 Å². The monoisotopic (exact) mass is 337 g/mol. The average molecular weight is 337 g/mol. The number of thiophene rings is 1. The molecule has 2 heterocycles. The van der Waals surface area contributed by atoms with Crippen LogP contribution in [0.5, 0.6) is 0 Å². The van der Waals surface area contributed by atoms with E-state index in [1.807, 2.05) is 13.8 Å². The molecule has 0 bridgehead atoms. The fourth-order valence-corrected chi connectivity index (χ4v) is 3.18. The molecular weight excluding hydrogens is 318 g/mol. The highest BCUT2D eigenvalue weighted by molar-refractivity contribution is 7.17. The van der Waals surface area contributed by atoms with E-state index in [4.69, 9.17) is 0 Å². The van der Waals surface area contributed by atoms with Gasteiger partial charge in [0.1, 0.15) is 17.2 Å². The Balaban J connectivity index is 2.43. The molecule has 2 aromatic heterocycles. The number of fused-ring (bicyclic) bond motifs is 1. The zero-order valence-electron chi connectivity index (χ0n) is 13.1. The molecule has 2 N–H and O–H groups in total. The first-order valence-electron chi connectivity index (χ1n) is 7.50. The number of hydrogen-bond donors (Lipinski definition) is 2. The molecule has 23 heavy (non-hydrogen) atoms. The first kappa shape index (κ1) is 17.1. The second-order valence-electron chi connectivity index (χ2n) is 5.11. The van der Waals surface area contributed by atoms with E-state index >= 15 is 0 Å². The van der Waals surface area contributed by atoms with E-state index in [1.165, 1.54) is 9.95 Å². The summed E-state index contributed by atoms with van der Waals surface area (Å²) in [6, 6.07) is 0. The van der Waals surface area contributed by atoms with Crippen LogP contribution in [0.15, 0.2) is 10.2 Å². The van der Waals surface area contributed by atoms with Gasteiger partial charge in [-0.25, -0.2) is 9.78 Å². The maximum absolute atomic E-state index is 12.6. The minimum absolute atomic E-state index is 0.0645. The third-order valence-electron chi connectivity index (χ3n) is 3.47. The molecule has 0 radical (unpaired) electrons. The Bertz CT molecular complexity index is 794. The molecule has 0 fully saturated rings. The Kier molecular flexibility index (Phi) is 5.49. The number of nitrogens with zero attached hydrogens (tertiary/aromatic N) is 2. The van der Waals surface area contributed by atoms with Crippen molar-refractivity contribution in [3.05, 3.63) is 27.1 Å². The summed E-state index contributed by atoms with van der Waals surface area (Å²) in [6.45, 7) is 4.27. The van der Waals surface area contributed by atoms with Crippen molar-refractivity contribution in [2.75, 3.05) is 6.54 Å². The Labute approximate surface area is 137 Å². The topological polar surface area (TPSA) is 101 Å². The molecule has 0 spiro atoms. The van der Waals surface area contributed by atoms with Crippen molar-refractivity contribution in [3.63, 3.8) is 0 Å². The van der Waals surface area contributed by atoms with Crippen LogP contribution in [0, 0.1) is 0 Å². The summed E-state index contributed by atoms with van der Waals surface area (Å²) in [6.07, 6.45) is 2.31. The van der Waals surface area contributed by atoms with Crippen LogP contribution in [0.25, 0.3) is 10.2 Å². The van der Waals surface area contributed by atoms with E-state index in [9.17, 15) is 19.5 Å². The van der Waals surface area contributed by atoms with Crippen LogP contribution >= 0.6 is 11.3 Å². The van der Waals surface area contributed by atoms with Gasteiger partial charge in [0.15, 0.2) is 0 Å². The molecule has 7 nitrogen and oxygen atoms in total. The van der Waals surface area contributed by atoms with Gasteiger partial charge in [0.2, 0.25) is 5.91 Å². The number of nitrogens with one attached hydrogen (secondary N) is 1. The van der Waals surface area contributed by atoms with Gasteiger partial charge in [0.25, 0.3) is 5.56 Å². The van der Waals surface area contributed by atoms with Crippen LogP contribution < -0.4 is 10.9 Å². The van der Waals surface area contributed by atoms with E-state index < -0.39 is 11.5 Å². The molecule has 2 aromatic rings. The Hall–Kier alpha value is -2.22. The minimum Gasteiger partial charge on any atom is -0.478 e. The number of carbonyl (C=O) groups excluding carboxylic acids is 1. The van der Waals surface area contributed by atoms with Gasteiger partial charge in [0.05, 0.1) is 10.9 Å². The lowest BCUT2D eigenvalue weighted by Gasteiger charge is -2.11. The SMILES string of the molecule is CCCCNC(=O)Cn1c(CC)nc2scc(C(=O)O)c2c1=O. The molecular formula is C15H19N3O4S. The molecule has 0 saturated carbocycles. The minimum atomic E-state index is -1.17. The number of aromatic carboxylic acids is 1. The third-order valence-corrected chi connectivity index (χ3v) is 4.35. The van der Waals surface area contributed by atoms with E-state index in [0.29, 0.717) is 23.6 Å². The van der Waals surface area contributed by atoms with Gasteiger partial charge in [0, 0.05) is 18.3 Å². The molecule has 8 heteroatoms. The molecule has 0 aliphatic rings. The summed E-state index contributed by atoms with van der Waals surface area (Å²) >= 11 is 1.12. The van der Waals surface area contributed by atoms with Crippen molar-refractivity contribution >= 4 is 33.4 Å². The fraction of sp³-hybridized carbons (Fsp3) is 0.467. The zero-order valence-corrected chi connectivity index (χ0v) is 13.9. The van der Waals surface area contributed by atoms with Crippen molar-refractivity contribution in [1.29, 1.82) is 0 Å². The van der Waals surface area contributed by atoms with Gasteiger partial charge in [-0.05, 0) is 6.42 Å². The maximum atomic E-state index is 12.6. The molecule has 0 saturated heterocycles. The number of carboxylic acid groups (broad SMARTS) is 1. The Morgan fingerprint density at radius 2 is 2.13 bits per heavy atom. The molecule has 1 amide bonds. The summed E-state index contributed by atoms with van der Waals surface area (Å²) in [5.74, 6) is -0.964. The number of hydrogen-bond acceptors (Lipinski definition) is 5. The van der Waals surface area contributed by atoms with Gasteiger partial charge in [-0.3, -0.25) is 14.2 Å². The number of aryl methyl sites for hydroxylation is 1. The second-order valence-corrected chi connectivity index (χ2v) is 5.97. The fourth-order valence-electron chi connectivity index (χ4n) is 2.26. The largest absolute Gasteiger partial charge is 0.478 e. The predicted molar refractivity (Wildman–Crippen MR) is 88.1 cm³/mol. The summed E-state index contributed by atoms with van der Waals surface area (Å²) in [5, 5.41) is 13.4. The van der Waals surface area contributed by atoms with Crippen LogP contribution in [-0.2, 0) is 17.8 Å². The van der Waals surface area contributed by atoms with Crippen molar-refractivity contribution in [3.8, 4) is 0 Å². The van der Waals surface area contributed by atoms with Gasteiger partial charge >= 0.3 is 5.97 Å². The predicted octanol–water partition coefficient (Wildman–Crippen LogP) is 1.63. The summed E-state index contributed by atoms with van der Waals surface area (Å²) < 4.78 is 1.27. The molecule has 0 aliphatic carbocycles. The van der Waals surface area contributed by atoms with Gasteiger partial charge < -0.3 is 10.4 Å². The van der Waals surface area contributed by atoms with E-state index in [2.05, 4.69) is 10.3 Å². The smallest absolute Gasteiger partial charge is 0.337 e. The third kappa shape index (κ3) is 3.58. The van der Waals surface area contributed by atoms with Crippen molar-refractivity contribution in [2.24, 2.45) is 0 Å². The zero-order chi connectivity index (χ0) is 17.0. The number of aromatic nitrogens is 2. The molecule has 0 unspecified atom stereocenters. The quantitative estimate of drug-likeness (QED) is 0.748. The second kappa shape index (κ2) is 7.36. The van der Waals surface area contributed by atoms with Crippen LogP contribution in [-0.4, -0.2) is 33.1 Å². The van der Waals surface area contributed by atoms with Gasteiger partial charge in [-0.2, -0.15) is 0 Å². The number of rotatable bonds is 7. The molecule has 0 aromatic carbocycles. The summed E-state index contributed by atoms with van der Waals surface area (Å²) in [7, 11) is 0. The number of amides is 1. The molecule has 0 aliphatic heterocycles. The highest BCUT2D eigenvalue weighted by Crippen LogP contribution is 2.21. The number of unbranched alkanes of at least 4 members (excludes halogenated alkanes) is 1.